The minimum atomic E-state index is -0.423. The summed E-state index contributed by atoms with van der Waals surface area (Å²) in [7, 11) is 2.16. The summed E-state index contributed by atoms with van der Waals surface area (Å²) in [5, 5.41) is 6.55. The standard InChI is InChI=1S/C30H28N3/c1-17-9-8-10-23-25(17)22-13-18(2)19(3)26-28(22)33(23)24-15-20(16-30(4,5)31-6)14-21-11-12-32(7)29(26)27(21)24/h8-15H,16H2,1-5,7H3/q+1. The molecule has 3 heterocycles. The molecule has 3 heteroatoms. The van der Waals surface area contributed by atoms with Crippen molar-refractivity contribution in [2.24, 2.45) is 7.05 Å². The minimum Gasteiger partial charge on any atom is -0.311 e. The number of fused-ring (bicyclic) bond motifs is 5. The fourth-order valence-corrected chi connectivity index (χ4v) is 5.84. The number of benzene rings is 3. The van der Waals surface area contributed by atoms with Crippen LogP contribution in [0.15, 0.2) is 48.7 Å². The smallest absolute Gasteiger partial charge is 0.231 e. The van der Waals surface area contributed by atoms with Crippen LogP contribution in [0, 0.1) is 27.3 Å². The van der Waals surface area contributed by atoms with Gasteiger partial charge in [0.2, 0.25) is 11.1 Å². The topological polar surface area (TPSA) is 12.7 Å². The Labute approximate surface area is 194 Å². The van der Waals surface area contributed by atoms with Gasteiger partial charge in [-0.15, -0.1) is 0 Å². The molecule has 0 saturated heterocycles. The van der Waals surface area contributed by atoms with Crippen LogP contribution >= 0.6 is 0 Å². The molecule has 6 aromatic rings. The van der Waals surface area contributed by atoms with E-state index in [2.05, 4.69) is 90.3 Å². The predicted octanol–water partition coefficient (Wildman–Crippen LogP) is 6.98. The third-order valence-electron chi connectivity index (χ3n) is 7.50. The Morgan fingerprint density at radius 2 is 1.73 bits per heavy atom. The number of pyridine rings is 2. The zero-order chi connectivity index (χ0) is 23.2. The van der Waals surface area contributed by atoms with Crippen molar-refractivity contribution in [3.05, 3.63) is 82.3 Å². The summed E-state index contributed by atoms with van der Waals surface area (Å²) >= 11 is 0. The predicted molar refractivity (Wildman–Crippen MR) is 138 cm³/mol. The minimum absolute atomic E-state index is 0.423. The normalized spacial score (nSPS) is 12.6. The van der Waals surface area contributed by atoms with E-state index in [4.69, 9.17) is 6.57 Å². The van der Waals surface area contributed by atoms with Gasteiger partial charge in [0.1, 0.15) is 7.05 Å². The molecule has 3 aromatic heterocycles. The highest BCUT2D eigenvalue weighted by molar-refractivity contribution is 6.26. The van der Waals surface area contributed by atoms with Crippen molar-refractivity contribution < 1.29 is 4.57 Å². The third-order valence-corrected chi connectivity index (χ3v) is 7.50. The molecule has 0 N–H and O–H groups in total. The van der Waals surface area contributed by atoms with E-state index in [0.717, 1.165) is 6.42 Å². The Morgan fingerprint density at radius 3 is 2.48 bits per heavy atom. The van der Waals surface area contributed by atoms with Gasteiger partial charge in [0.15, 0.2) is 6.20 Å². The van der Waals surface area contributed by atoms with Gasteiger partial charge < -0.3 is 9.25 Å². The molecule has 0 atom stereocenters. The molecule has 0 aliphatic carbocycles. The number of hydrogen-bond acceptors (Lipinski definition) is 0. The second kappa shape index (κ2) is 6.45. The van der Waals surface area contributed by atoms with E-state index in [9.17, 15) is 0 Å². The van der Waals surface area contributed by atoms with Gasteiger partial charge >= 0.3 is 0 Å². The van der Waals surface area contributed by atoms with Gasteiger partial charge in [0.05, 0.1) is 33.7 Å². The van der Waals surface area contributed by atoms with Gasteiger partial charge in [-0.25, -0.2) is 11.1 Å². The summed E-state index contributed by atoms with van der Waals surface area (Å²) in [6, 6.07) is 15.9. The Balaban J connectivity index is 1.97. The maximum absolute atomic E-state index is 7.65. The fraction of sp³-hybridized carbons (Fsp3) is 0.267. The quantitative estimate of drug-likeness (QED) is 0.122. The van der Waals surface area contributed by atoms with Crippen molar-refractivity contribution in [2.45, 2.75) is 46.6 Å². The molecule has 3 aromatic carbocycles. The highest BCUT2D eigenvalue weighted by atomic mass is 15.0. The van der Waals surface area contributed by atoms with Crippen molar-refractivity contribution in [3.8, 4) is 0 Å². The average Bonchev–Trinajstić information content (AvgIpc) is 3.10. The molecule has 0 radical (unpaired) electrons. The van der Waals surface area contributed by atoms with Gasteiger partial charge in [0.25, 0.3) is 0 Å². The zero-order valence-electron chi connectivity index (χ0n) is 20.2. The second-order valence-corrected chi connectivity index (χ2v) is 10.3. The van der Waals surface area contributed by atoms with Gasteiger partial charge in [0, 0.05) is 30.7 Å². The molecule has 3 nitrogen and oxygen atoms in total. The molecule has 0 unspecified atom stereocenters. The Morgan fingerprint density at radius 1 is 0.939 bits per heavy atom. The summed E-state index contributed by atoms with van der Waals surface area (Å²) < 4.78 is 4.77. The molecule has 162 valence electrons. The van der Waals surface area contributed by atoms with Crippen LogP contribution in [0.4, 0.5) is 0 Å². The Bertz CT molecular complexity index is 1810. The number of hydrogen-bond donors (Lipinski definition) is 0. The first-order valence-electron chi connectivity index (χ1n) is 11.6. The SMILES string of the molecule is [C-]#[N+]C(C)(C)Cc1cc2cc[n+](C)c3c4c(C)c(C)cc5c6c(C)cccc6n(c(c1)c23)c54. The summed E-state index contributed by atoms with van der Waals surface area (Å²) in [6.07, 6.45) is 2.92. The maximum Gasteiger partial charge on any atom is 0.231 e. The lowest BCUT2D eigenvalue weighted by molar-refractivity contribution is -0.643. The Hall–Kier alpha value is -3.64. The molecule has 6 rings (SSSR count). The maximum atomic E-state index is 7.65. The molecule has 0 fully saturated rings. The van der Waals surface area contributed by atoms with E-state index >= 15 is 0 Å². The van der Waals surface area contributed by atoms with E-state index < -0.39 is 5.54 Å². The fourth-order valence-electron chi connectivity index (χ4n) is 5.84. The van der Waals surface area contributed by atoms with E-state index in [-0.39, 0.29) is 0 Å². The lowest BCUT2D eigenvalue weighted by Gasteiger charge is -2.16. The summed E-state index contributed by atoms with van der Waals surface area (Å²) in [5.41, 5.74) is 9.86. The molecule has 0 spiro atoms. The Kier molecular flexibility index (Phi) is 3.91. The zero-order valence-corrected chi connectivity index (χ0v) is 20.2. The van der Waals surface area contributed by atoms with E-state index in [1.54, 1.807) is 0 Å². The number of aryl methyl sites for hydroxylation is 4. The van der Waals surface area contributed by atoms with Crippen LogP contribution in [-0.4, -0.2) is 9.94 Å². The molecule has 0 amide bonds. The van der Waals surface area contributed by atoms with Crippen LogP contribution in [-0.2, 0) is 13.5 Å². The van der Waals surface area contributed by atoms with Crippen LogP contribution < -0.4 is 4.57 Å². The molecule has 33 heavy (non-hydrogen) atoms. The van der Waals surface area contributed by atoms with E-state index in [1.165, 1.54) is 71.3 Å². The first-order chi connectivity index (χ1) is 15.7. The molecular weight excluding hydrogens is 402 g/mol. The average molecular weight is 431 g/mol. The number of aromatic nitrogens is 2. The lowest BCUT2D eigenvalue weighted by Crippen LogP contribution is -2.29. The molecule has 0 aliphatic rings. The van der Waals surface area contributed by atoms with Crippen LogP contribution in [0.1, 0.15) is 36.1 Å². The van der Waals surface area contributed by atoms with Gasteiger partial charge in [-0.3, -0.25) is 0 Å². The summed E-state index contributed by atoms with van der Waals surface area (Å²) in [6.45, 7) is 18.4. The third kappa shape index (κ3) is 2.58. The van der Waals surface area contributed by atoms with Crippen molar-refractivity contribution in [3.63, 3.8) is 0 Å². The number of nitrogens with zero attached hydrogens (tertiary/aromatic N) is 3. The highest BCUT2D eigenvalue weighted by Crippen LogP contribution is 2.42. The van der Waals surface area contributed by atoms with Crippen LogP contribution in [0.3, 0.4) is 0 Å². The van der Waals surface area contributed by atoms with Crippen molar-refractivity contribution in [2.75, 3.05) is 0 Å². The van der Waals surface area contributed by atoms with Crippen molar-refractivity contribution in [1.29, 1.82) is 0 Å². The van der Waals surface area contributed by atoms with E-state index in [0.29, 0.717) is 0 Å². The second-order valence-electron chi connectivity index (χ2n) is 10.3. The van der Waals surface area contributed by atoms with Crippen LogP contribution in [0.5, 0.6) is 0 Å². The molecule has 0 bridgehead atoms. The summed E-state index contributed by atoms with van der Waals surface area (Å²) in [4.78, 5) is 3.88. The van der Waals surface area contributed by atoms with Crippen LogP contribution in [0.25, 0.3) is 53.8 Å². The van der Waals surface area contributed by atoms with Gasteiger partial charge in [-0.2, -0.15) is 0 Å². The van der Waals surface area contributed by atoms with Crippen LogP contribution in [0.2, 0.25) is 0 Å². The molecular formula is C30H28N3+. The monoisotopic (exact) mass is 430 g/mol. The van der Waals surface area contributed by atoms with Gasteiger partial charge in [-0.1, -0.05) is 18.2 Å². The first kappa shape index (κ1) is 20.0. The number of rotatable bonds is 2. The van der Waals surface area contributed by atoms with Gasteiger partial charge in [-0.05, 0) is 66.6 Å². The van der Waals surface area contributed by atoms with E-state index in [1.807, 2.05) is 13.8 Å². The van der Waals surface area contributed by atoms with Crippen molar-refractivity contribution in [1.82, 2.24) is 4.40 Å². The summed E-state index contributed by atoms with van der Waals surface area (Å²) in [5.74, 6) is 0. The molecule has 0 saturated carbocycles. The molecule has 0 aliphatic heterocycles. The lowest BCUT2D eigenvalue weighted by atomic mass is 9.92. The van der Waals surface area contributed by atoms with Crippen molar-refractivity contribution >= 4 is 49.0 Å². The first-order valence-corrected chi connectivity index (χ1v) is 11.6. The largest absolute Gasteiger partial charge is 0.311 e. The highest BCUT2D eigenvalue weighted by Gasteiger charge is 2.28.